The Bertz CT molecular complexity index is 660. The van der Waals surface area contributed by atoms with Gasteiger partial charge < -0.3 is 5.32 Å². The second kappa shape index (κ2) is 5.49. The summed E-state index contributed by atoms with van der Waals surface area (Å²) in [7, 11) is 0. The van der Waals surface area contributed by atoms with E-state index in [0.29, 0.717) is 6.04 Å². The summed E-state index contributed by atoms with van der Waals surface area (Å²) in [4.78, 5) is 0. The highest BCUT2D eigenvalue weighted by molar-refractivity contribution is 9.10. The highest BCUT2D eigenvalue weighted by Gasteiger charge is 2.35. The number of hydrogen-bond acceptors (Lipinski definition) is 1. The minimum absolute atomic E-state index is 0.259. The third-order valence-corrected chi connectivity index (χ3v) is 5.54. The standard InChI is InChI=1S/C19H22BrN/c1-13-12-15(8-9-17(13)20)21-18-16-7-5-4-6-14(16)10-11-19(18,2)3/h4-9,12,18,21H,10-11H2,1-3H3. The summed E-state index contributed by atoms with van der Waals surface area (Å²) < 4.78 is 1.16. The maximum Gasteiger partial charge on any atom is 0.0567 e. The average Bonchev–Trinajstić information content (AvgIpc) is 2.46. The van der Waals surface area contributed by atoms with Crippen LogP contribution >= 0.6 is 15.9 Å². The van der Waals surface area contributed by atoms with Gasteiger partial charge in [0.05, 0.1) is 6.04 Å². The van der Waals surface area contributed by atoms with Gasteiger partial charge in [-0.25, -0.2) is 0 Å². The van der Waals surface area contributed by atoms with Crippen LogP contribution in [-0.2, 0) is 6.42 Å². The number of halogens is 1. The Labute approximate surface area is 135 Å². The van der Waals surface area contributed by atoms with E-state index in [1.807, 2.05) is 0 Å². The number of benzene rings is 2. The van der Waals surface area contributed by atoms with Crippen molar-refractivity contribution >= 4 is 21.6 Å². The van der Waals surface area contributed by atoms with Crippen molar-refractivity contribution in [2.24, 2.45) is 5.41 Å². The van der Waals surface area contributed by atoms with E-state index in [4.69, 9.17) is 0 Å². The van der Waals surface area contributed by atoms with Crippen LogP contribution in [0.5, 0.6) is 0 Å². The zero-order chi connectivity index (χ0) is 15.0. The lowest BCUT2D eigenvalue weighted by atomic mass is 9.70. The summed E-state index contributed by atoms with van der Waals surface area (Å²) in [5, 5.41) is 3.77. The normalized spacial score (nSPS) is 19.9. The van der Waals surface area contributed by atoms with Crippen LogP contribution in [0.2, 0.25) is 0 Å². The average molecular weight is 344 g/mol. The first-order chi connectivity index (χ1) is 9.97. The van der Waals surface area contributed by atoms with Crippen LogP contribution in [0.25, 0.3) is 0 Å². The van der Waals surface area contributed by atoms with Crippen molar-refractivity contribution in [3.8, 4) is 0 Å². The van der Waals surface area contributed by atoms with Crippen LogP contribution in [0.4, 0.5) is 5.69 Å². The molecular formula is C19H22BrN. The molecule has 0 radical (unpaired) electrons. The van der Waals surface area contributed by atoms with Gasteiger partial charge in [-0.2, -0.15) is 0 Å². The molecule has 1 unspecified atom stereocenters. The lowest BCUT2D eigenvalue weighted by molar-refractivity contribution is 0.265. The zero-order valence-electron chi connectivity index (χ0n) is 12.9. The highest BCUT2D eigenvalue weighted by atomic mass is 79.9. The van der Waals surface area contributed by atoms with Gasteiger partial charge in [0.15, 0.2) is 0 Å². The summed E-state index contributed by atoms with van der Waals surface area (Å²) >= 11 is 3.57. The van der Waals surface area contributed by atoms with E-state index in [1.165, 1.54) is 35.2 Å². The third kappa shape index (κ3) is 2.87. The van der Waals surface area contributed by atoms with Crippen molar-refractivity contribution in [1.82, 2.24) is 0 Å². The van der Waals surface area contributed by atoms with Crippen LogP contribution in [0.1, 0.15) is 43.0 Å². The molecule has 0 spiro atoms. The molecule has 2 aromatic carbocycles. The third-order valence-electron chi connectivity index (χ3n) is 4.66. The van der Waals surface area contributed by atoms with E-state index >= 15 is 0 Å². The van der Waals surface area contributed by atoms with E-state index < -0.39 is 0 Å². The molecule has 1 nitrogen and oxygen atoms in total. The van der Waals surface area contributed by atoms with Crippen molar-refractivity contribution in [3.05, 3.63) is 63.6 Å². The summed E-state index contributed by atoms with van der Waals surface area (Å²) in [6.45, 7) is 6.87. The first kappa shape index (κ1) is 14.6. The van der Waals surface area contributed by atoms with Gasteiger partial charge in [-0.1, -0.05) is 54.0 Å². The quantitative estimate of drug-likeness (QED) is 0.717. The molecule has 2 heteroatoms. The van der Waals surface area contributed by atoms with Crippen LogP contribution in [0, 0.1) is 12.3 Å². The maximum absolute atomic E-state index is 3.77. The molecule has 1 N–H and O–H groups in total. The van der Waals surface area contributed by atoms with Crippen LogP contribution in [0.3, 0.4) is 0 Å². The lowest BCUT2D eigenvalue weighted by Crippen LogP contribution is -2.33. The molecule has 1 aliphatic carbocycles. The Morgan fingerprint density at radius 2 is 1.90 bits per heavy atom. The number of nitrogens with one attached hydrogen (secondary N) is 1. The van der Waals surface area contributed by atoms with Gasteiger partial charge >= 0.3 is 0 Å². The van der Waals surface area contributed by atoms with Gasteiger partial charge in [-0.05, 0) is 60.1 Å². The second-order valence-corrected chi connectivity index (χ2v) is 7.58. The summed E-state index contributed by atoms with van der Waals surface area (Å²) in [5.74, 6) is 0. The van der Waals surface area contributed by atoms with Gasteiger partial charge in [0, 0.05) is 10.2 Å². The molecule has 110 valence electrons. The summed E-state index contributed by atoms with van der Waals surface area (Å²) in [6.07, 6.45) is 2.40. The molecule has 0 aromatic heterocycles. The first-order valence-electron chi connectivity index (χ1n) is 7.58. The molecule has 1 aliphatic rings. The minimum Gasteiger partial charge on any atom is -0.378 e. The van der Waals surface area contributed by atoms with Gasteiger partial charge in [0.25, 0.3) is 0 Å². The van der Waals surface area contributed by atoms with Gasteiger partial charge in [-0.3, -0.25) is 0 Å². The molecule has 0 saturated carbocycles. The Hall–Kier alpha value is -1.28. The monoisotopic (exact) mass is 343 g/mol. The van der Waals surface area contributed by atoms with E-state index in [-0.39, 0.29) is 5.41 Å². The van der Waals surface area contributed by atoms with Crippen molar-refractivity contribution in [1.29, 1.82) is 0 Å². The summed E-state index contributed by atoms with van der Waals surface area (Å²) in [6, 6.07) is 15.7. The van der Waals surface area contributed by atoms with Gasteiger partial charge in [0.2, 0.25) is 0 Å². The predicted molar refractivity (Wildman–Crippen MR) is 93.8 cm³/mol. The largest absolute Gasteiger partial charge is 0.378 e. The Balaban J connectivity index is 1.97. The molecule has 0 fully saturated rings. The molecular weight excluding hydrogens is 322 g/mol. The van der Waals surface area contributed by atoms with Crippen LogP contribution in [-0.4, -0.2) is 0 Å². The fourth-order valence-corrected chi connectivity index (χ4v) is 3.49. The lowest BCUT2D eigenvalue weighted by Gasteiger charge is -2.41. The predicted octanol–water partition coefficient (Wildman–Crippen LogP) is 5.88. The van der Waals surface area contributed by atoms with E-state index in [9.17, 15) is 0 Å². The molecule has 0 heterocycles. The fourth-order valence-electron chi connectivity index (χ4n) is 3.24. The number of fused-ring (bicyclic) bond motifs is 1. The molecule has 0 amide bonds. The smallest absolute Gasteiger partial charge is 0.0567 e. The number of rotatable bonds is 2. The number of hydrogen-bond donors (Lipinski definition) is 1. The molecule has 0 saturated heterocycles. The topological polar surface area (TPSA) is 12.0 Å². The maximum atomic E-state index is 3.77. The molecule has 1 atom stereocenters. The molecule has 3 rings (SSSR count). The van der Waals surface area contributed by atoms with Crippen molar-refractivity contribution in [3.63, 3.8) is 0 Å². The molecule has 0 bridgehead atoms. The highest BCUT2D eigenvalue weighted by Crippen LogP contribution is 2.45. The SMILES string of the molecule is Cc1cc(NC2c3ccccc3CCC2(C)C)ccc1Br. The Kier molecular flexibility index (Phi) is 3.83. The molecule has 21 heavy (non-hydrogen) atoms. The molecule has 0 aliphatic heterocycles. The van der Waals surface area contributed by atoms with E-state index in [1.54, 1.807) is 0 Å². The summed E-state index contributed by atoms with van der Waals surface area (Å²) in [5.41, 5.74) is 5.67. The second-order valence-electron chi connectivity index (χ2n) is 6.73. The number of aryl methyl sites for hydroxylation is 2. The minimum atomic E-state index is 0.259. The first-order valence-corrected chi connectivity index (χ1v) is 8.37. The van der Waals surface area contributed by atoms with Crippen molar-refractivity contribution < 1.29 is 0 Å². The van der Waals surface area contributed by atoms with Crippen LogP contribution < -0.4 is 5.32 Å². The fraction of sp³-hybridized carbons (Fsp3) is 0.368. The number of anilines is 1. The van der Waals surface area contributed by atoms with Crippen molar-refractivity contribution in [2.75, 3.05) is 5.32 Å². The van der Waals surface area contributed by atoms with Crippen molar-refractivity contribution in [2.45, 2.75) is 39.7 Å². The van der Waals surface area contributed by atoms with E-state index in [2.05, 4.69) is 84.5 Å². The van der Waals surface area contributed by atoms with Gasteiger partial charge in [0.1, 0.15) is 0 Å². The zero-order valence-corrected chi connectivity index (χ0v) is 14.5. The Morgan fingerprint density at radius 3 is 2.67 bits per heavy atom. The Morgan fingerprint density at radius 1 is 1.14 bits per heavy atom. The van der Waals surface area contributed by atoms with E-state index in [0.717, 1.165) is 4.47 Å². The molecule has 2 aromatic rings. The van der Waals surface area contributed by atoms with Gasteiger partial charge in [-0.15, -0.1) is 0 Å². The van der Waals surface area contributed by atoms with Crippen LogP contribution in [0.15, 0.2) is 46.9 Å².